The standard InChI is InChI=1S/C12H17N3O/c1-9-3-2-4-11(5-9)15-12(16)14-8-10-6-13-7-10/h2-5,10,13H,6-8H2,1H3,(H2,14,15,16). The molecule has 0 aliphatic carbocycles. The molecule has 3 N–H and O–H groups in total. The topological polar surface area (TPSA) is 53.2 Å². The number of urea groups is 1. The van der Waals surface area contributed by atoms with Gasteiger partial charge in [0, 0.05) is 31.2 Å². The fourth-order valence-electron chi connectivity index (χ4n) is 1.63. The smallest absolute Gasteiger partial charge is 0.319 e. The van der Waals surface area contributed by atoms with Crippen LogP contribution in [0.3, 0.4) is 0 Å². The average molecular weight is 219 g/mol. The van der Waals surface area contributed by atoms with Crippen LogP contribution in [0, 0.1) is 12.8 Å². The Morgan fingerprint density at radius 2 is 2.31 bits per heavy atom. The Hall–Kier alpha value is -1.55. The van der Waals surface area contributed by atoms with Gasteiger partial charge in [-0.1, -0.05) is 12.1 Å². The third-order valence-electron chi connectivity index (χ3n) is 2.69. The van der Waals surface area contributed by atoms with E-state index in [1.54, 1.807) is 0 Å². The van der Waals surface area contributed by atoms with E-state index in [2.05, 4.69) is 16.0 Å². The summed E-state index contributed by atoms with van der Waals surface area (Å²) in [5.41, 5.74) is 1.98. The van der Waals surface area contributed by atoms with Crippen LogP contribution in [0.25, 0.3) is 0 Å². The molecule has 1 fully saturated rings. The molecule has 86 valence electrons. The lowest BCUT2D eigenvalue weighted by Gasteiger charge is -2.27. The van der Waals surface area contributed by atoms with E-state index in [1.165, 1.54) is 0 Å². The van der Waals surface area contributed by atoms with E-state index in [0.29, 0.717) is 5.92 Å². The van der Waals surface area contributed by atoms with Gasteiger partial charge in [-0.3, -0.25) is 0 Å². The molecule has 1 aromatic rings. The highest BCUT2D eigenvalue weighted by Gasteiger charge is 2.16. The number of carbonyl (C=O) groups excluding carboxylic acids is 1. The molecule has 1 aliphatic heterocycles. The highest BCUT2D eigenvalue weighted by Crippen LogP contribution is 2.09. The Kier molecular flexibility index (Phi) is 3.41. The number of benzene rings is 1. The number of hydrogen-bond acceptors (Lipinski definition) is 2. The first-order valence-corrected chi connectivity index (χ1v) is 5.56. The third kappa shape index (κ3) is 2.97. The third-order valence-corrected chi connectivity index (χ3v) is 2.69. The van der Waals surface area contributed by atoms with Crippen LogP contribution < -0.4 is 16.0 Å². The van der Waals surface area contributed by atoms with Crippen molar-refractivity contribution in [1.82, 2.24) is 10.6 Å². The van der Waals surface area contributed by atoms with Gasteiger partial charge in [0.2, 0.25) is 0 Å². The normalized spacial score (nSPS) is 15.3. The van der Waals surface area contributed by atoms with Gasteiger partial charge in [-0.2, -0.15) is 0 Å². The SMILES string of the molecule is Cc1cccc(NC(=O)NCC2CNC2)c1. The van der Waals surface area contributed by atoms with Crippen LogP contribution in [-0.4, -0.2) is 25.7 Å². The summed E-state index contributed by atoms with van der Waals surface area (Å²) in [6.07, 6.45) is 0. The maximum atomic E-state index is 11.5. The van der Waals surface area contributed by atoms with Crippen LogP contribution in [0.15, 0.2) is 24.3 Å². The Morgan fingerprint density at radius 3 is 2.94 bits per heavy atom. The van der Waals surface area contributed by atoms with Gasteiger partial charge in [0.1, 0.15) is 0 Å². The number of aryl methyl sites for hydroxylation is 1. The van der Waals surface area contributed by atoms with Crippen molar-refractivity contribution in [2.45, 2.75) is 6.92 Å². The lowest BCUT2D eigenvalue weighted by Crippen LogP contribution is -2.48. The Bertz CT molecular complexity index is 374. The van der Waals surface area contributed by atoms with Gasteiger partial charge in [0.25, 0.3) is 0 Å². The lowest BCUT2D eigenvalue weighted by molar-refractivity contribution is 0.246. The van der Waals surface area contributed by atoms with Crippen molar-refractivity contribution in [3.8, 4) is 0 Å². The van der Waals surface area contributed by atoms with E-state index >= 15 is 0 Å². The zero-order chi connectivity index (χ0) is 11.4. The molecule has 0 bridgehead atoms. The molecule has 2 amide bonds. The van der Waals surface area contributed by atoms with Crippen molar-refractivity contribution in [1.29, 1.82) is 0 Å². The van der Waals surface area contributed by atoms with Crippen molar-refractivity contribution >= 4 is 11.7 Å². The number of carbonyl (C=O) groups is 1. The Morgan fingerprint density at radius 1 is 1.50 bits per heavy atom. The molecule has 1 saturated heterocycles. The zero-order valence-electron chi connectivity index (χ0n) is 9.42. The minimum absolute atomic E-state index is 0.127. The van der Waals surface area contributed by atoms with Gasteiger partial charge in [0.05, 0.1) is 0 Å². The molecule has 0 unspecified atom stereocenters. The first-order chi connectivity index (χ1) is 7.74. The van der Waals surface area contributed by atoms with E-state index in [0.717, 1.165) is 30.9 Å². The Labute approximate surface area is 95.4 Å². The largest absolute Gasteiger partial charge is 0.337 e. The second-order valence-electron chi connectivity index (χ2n) is 4.23. The first kappa shape index (κ1) is 11.0. The molecule has 0 saturated carbocycles. The van der Waals surface area contributed by atoms with Crippen LogP contribution in [-0.2, 0) is 0 Å². The molecule has 0 spiro atoms. The molecule has 0 aromatic heterocycles. The van der Waals surface area contributed by atoms with Crippen molar-refractivity contribution in [2.24, 2.45) is 5.92 Å². The fourth-order valence-corrected chi connectivity index (χ4v) is 1.63. The van der Waals surface area contributed by atoms with Crippen LogP contribution in [0.5, 0.6) is 0 Å². The minimum Gasteiger partial charge on any atom is -0.337 e. The lowest BCUT2D eigenvalue weighted by atomic mass is 10.0. The summed E-state index contributed by atoms with van der Waals surface area (Å²) in [7, 11) is 0. The van der Waals surface area contributed by atoms with E-state index in [-0.39, 0.29) is 6.03 Å². The van der Waals surface area contributed by atoms with Crippen molar-refractivity contribution in [3.63, 3.8) is 0 Å². The van der Waals surface area contributed by atoms with Crippen LogP contribution in [0.4, 0.5) is 10.5 Å². The van der Waals surface area contributed by atoms with Crippen molar-refractivity contribution in [3.05, 3.63) is 29.8 Å². The molecule has 1 aromatic carbocycles. The van der Waals surface area contributed by atoms with Gasteiger partial charge in [0.15, 0.2) is 0 Å². The molecule has 4 nitrogen and oxygen atoms in total. The predicted molar refractivity (Wildman–Crippen MR) is 64.6 cm³/mol. The number of hydrogen-bond donors (Lipinski definition) is 3. The maximum absolute atomic E-state index is 11.5. The van der Waals surface area contributed by atoms with Gasteiger partial charge in [-0.25, -0.2) is 4.79 Å². The van der Waals surface area contributed by atoms with E-state index in [1.807, 2.05) is 31.2 Å². The summed E-state index contributed by atoms with van der Waals surface area (Å²) in [5, 5.41) is 8.85. The monoisotopic (exact) mass is 219 g/mol. The number of amides is 2. The second-order valence-corrected chi connectivity index (χ2v) is 4.23. The maximum Gasteiger partial charge on any atom is 0.319 e. The van der Waals surface area contributed by atoms with Gasteiger partial charge < -0.3 is 16.0 Å². The summed E-state index contributed by atoms with van der Waals surface area (Å²) >= 11 is 0. The summed E-state index contributed by atoms with van der Waals surface area (Å²) < 4.78 is 0. The predicted octanol–water partition coefficient (Wildman–Crippen LogP) is 1.34. The molecule has 4 heteroatoms. The zero-order valence-corrected chi connectivity index (χ0v) is 9.42. The highest BCUT2D eigenvalue weighted by atomic mass is 16.2. The van der Waals surface area contributed by atoms with Crippen LogP contribution in [0.1, 0.15) is 5.56 Å². The Balaban J connectivity index is 1.77. The second kappa shape index (κ2) is 4.99. The summed E-state index contributed by atoms with van der Waals surface area (Å²) in [5.74, 6) is 0.586. The van der Waals surface area contributed by atoms with Crippen molar-refractivity contribution in [2.75, 3.05) is 25.0 Å². The minimum atomic E-state index is -0.127. The number of nitrogens with one attached hydrogen (secondary N) is 3. The molecule has 16 heavy (non-hydrogen) atoms. The molecule has 0 atom stereocenters. The summed E-state index contributed by atoms with van der Waals surface area (Å²) in [4.78, 5) is 11.5. The number of rotatable bonds is 3. The summed E-state index contributed by atoms with van der Waals surface area (Å²) in [6, 6.07) is 7.64. The summed E-state index contributed by atoms with van der Waals surface area (Å²) in [6.45, 7) is 4.75. The van der Waals surface area contributed by atoms with Gasteiger partial charge in [-0.05, 0) is 24.6 Å². The van der Waals surface area contributed by atoms with Gasteiger partial charge >= 0.3 is 6.03 Å². The molecular formula is C12H17N3O. The van der Waals surface area contributed by atoms with Crippen LogP contribution >= 0.6 is 0 Å². The van der Waals surface area contributed by atoms with E-state index in [9.17, 15) is 4.79 Å². The highest BCUT2D eigenvalue weighted by molar-refractivity contribution is 5.89. The van der Waals surface area contributed by atoms with Crippen LogP contribution in [0.2, 0.25) is 0 Å². The van der Waals surface area contributed by atoms with Crippen molar-refractivity contribution < 1.29 is 4.79 Å². The van der Waals surface area contributed by atoms with Gasteiger partial charge in [-0.15, -0.1) is 0 Å². The molecule has 1 heterocycles. The van der Waals surface area contributed by atoms with E-state index in [4.69, 9.17) is 0 Å². The average Bonchev–Trinajstić information content (AvgIpc) is 2.15. The fraction of sp³-hybridized carbons (Fsp3) is 0.417. The van der Waals surface area contributed by atoms with E-state index < -0.39 is 0 Å². The number of anilines is 1. The molecular weight excluding hydrogens is 202 g/mol. The quantitative estimate of drug-likeness (QED) is 0.718. The molecule has 2 rings (SSSR count). The molecule has 1 aliphatic rings. The molecule has 0 radical (unpaired) electrons. The first-order valence-electron chi connectivity index (χ1n) is 5.56.